The molecule has 0 radical (unpaired) electrons. The number of hydrogen-bond donors (Lipinski definition) is 0. The molecule has 0 bridgehead atoms. The number of likely N-dealkylation sites (tertiary alicyclic amines) is 1. The first-order chi connectivity index (χ1) is 15.0. The molecule has 1 atom stereocenters. The molecule has 9 heteroatoms. The molecule has 0 saturated carbocycles. The summed E-state index contributed by atoms with van der Waals surface area (Å²) in [5.41, 5.74) is 1.20. The van der Waals surface area contributed by atoms with E-state index >= 15 is 0 Å². The molecule has 8 nitrogen and oxygen atoms in total. The van der Waals surface area contributed by atoms with Gasteiger partial charge in [0.2, 0.25) is 0 Å². The standard InChI is InChI=1S/C22H24FN5O3/c1-15-12-25-18(13-24-15)20(29)28-10-3-8-22(14-28,9-11-30-2)21-26-19(31-27-21)16-4-6-17(23)7-5-16/h4-7,12-13H,3,8-11,14H2,1-2H3. The molecule has 1 saturated heterocycles. The third kappa shape index (κ3) is 4.46. The first-order valence-corrected chi connectivity index (χ1v) is 10.2. The van der Waals surface area contributed by atoms with Crippen LogP contribution < -0.4 is 0 Å². The summed E-state index contributed by atoms with van der Waals surface area (Å²) in [6.07, 6.45) is 5.31. The van der Waals surface area contributed by atoms with E-state index in [9.17, 15) is 9.18 Å². The molecule has 1 amide bonds. The first kappa shape index (κ1) is 21.0. The minimum Gasteiger partial charge on any atom is -0.385 e. The Labute approximate surface area is 179 Å². The lowest BCUT2D eigenvalue weighted by atomic mass is 9.76. The number of nitrogens with zero attached hydrogens (tertiary/aromatic N) is 5. The summed E-state index contributed by atoms with van der Waals surface area (Å²) in [4.78, 5) is 27.9. The van der Waals surface area contributed by atoms with E-state index in [0.717, 1.165) is 18.5 Å². The van der Waals surface area contributed by atoms with Gasteiger partial charge in [-0.25, -0.2) is 9.37 Å². The smallest absolute Gasteiger partial charge is 0.274 e. The van der Waals surface area contributed by atoms with Crippen LogP contribution in [-0.4, -0.2) is 57.7 Å². The molecule has 1 aliphatic heterocycles. The van der Waals surface area contributed by atoms with E-state index in [0.29, 0.717) is 49.1 Å². The van der Waals surface area contributed by atoms with Gasteiger partial charge in [0.25, 0.3) is 11.8 Å². The highest BCUT2D eigenvalue weighted by Gasteiger charge is 2.42. The molecular weight excluding hydrogens is 401 g/mol. The molecule has 2 aromatic heterocycles. The number of carbonyl (C=O) groups is 1. The van der Waals surface area contributed by atoms with Gasteiger partial charge < -0.3 is 14.2 Å². The largest absolute Gasteiger partial charge is 0.385 e. The van der Waals surface area contributed by atoms with Crippen LogP contribution in [0.15, 0.2) is 41.2 Å². The molecule has 0 spiro atoms. The van der Waals surface area contributed by atoms with Gasteiger partial charge in [-0.2, -0.15) is 4.98 Å². The number of amides is 1. The molecular formula is C22H24FN5O3. The number of piperidine rings is 1. The number of aromatic nitrogens is 4. The summed E-state index contributed by atoms with van der Waals surface area (Å²) in [5.74, 6) is 0.341. The molecule has 162 valence electrons. The fourth-order valence-electron chi connectivity index (χ4n) is 3.91. The number of ether oxygens (including phenoxy) is 1. The summed E-state index contributed by atoms with van der Waals surface area (Å²) in [6.45, 7) is 3.36. The predicted octanol–water partition coefficient (Wildman–Crippen LogP) is 3.18. The van der Waals surface area contributed by atoms with Gasteiger partial charge in [0, 0.05) is 38.6 Å². The van der Waals surface area contributed by atoms with E-state index in [2.05, 4.69) is 20.1 Å². The quantitative estimate of drug-likeness (QED) is 0.599. The maximum absolute atomic E-state index is 13.3. The molecule has 0 aliphatic carbocycles. The monoisotopic (exact) mass is 425 g/mol. The Morgan fingerprint density at radius 3 is 2.77 bits per heavy atom. The van der Waals surface area contributed by atoms with Crippen LogP contribution in [0.1, 0.15) is 41.3 Å². The first-order valence-electron chi connectivity index (χ1n) is 10.2. The zero-order valence-electron chi connectivity index (χ0n) is 17.5. The number of methoxy groups -OCH3 is 1. The van der Waals surface area contributed by atoms with Crippen LogP contribution in [0.5, 0.6) is 0 Å². The second-order valence-corrected chi connectivity index (χ2v) is 7.83. The van der Waals surface area contributed by atoms with E-state index in [-0.39, 0.29) is 11.7 Å². The Kier molecular flexibility index (Phi) is 6.03. The zero-order chi connectivity index (χ0) is 21.8. The van der Waals surface area contributed by atoms with Crippen molar-refractivity contribution in [3.63, 3.8) is 0 Å². The van der Waals surface area contributed by atoms with Crippen LogP contribution in [0.4, 0.5) is 4.39 Å². The van der Waals surface area contributed by atoms with E-state index < -0.39 is 5.41 Å². The van der Waals surface area contributed by atoms with Crippen LogP contribution in [0, 0.1) is 12.7 Å². The van der Waals surface area contributed by atoms with Crippen LogP contribution in [0.2, 0.25) is 0 Å². The van der Waals surface area contributed by atoms with Crippen molar-refractivity contribution in [1.82, 2.24) is 25.0 Å². The van der Waals surface area contributed by atoms with Gasteiger partial charge in [0.15, 0.2) is 5.82 Å². The highest BCUT2D eigenvalue weighted by Crippen LogP contribution is 2.37. The number of carbonyl (C=O) groups excluding carboxylic acids is 1. The van der Waals surface area contributed by atoms with Crippen LogP contribution >= 0.6 is 0 Å². The SMILES string of the molecule is COCCC1(c2noc(-c3ccc(F)cc3)n2)CCCN(C(=O)c2cnc(C)cn2)C1. The molecule has 1 fully saturated rings. The lowest BCUT2D eigenvalue weighted by molar-refractivity contribution is 0.0561. The molecule has 1 aliphatic rings. The lowest BCUT2D eigenvalue weighted by Gasteiger charge is -2.40. The van der Waals surface area contributed by atoms with E-state index in [4.69, 9.17) is 9.26 Å². The predicted molar refractivity (Wildman–Crippen MR) is 110 cm³/mol. The lowest BCUT2D eigenvalue weighted by Crippen LogP contribution is -2.49. The summed E-state index contributed by atoms with van der Waals surface area (Å²) in [7, 11) is 1.64. The Morgan fingerprint density at radius 1 is 1.26 bits per heavy atom. The van der Waals surface area contributed by atoms with Crippen molar-refractivity contribution < 1.29 is 18.4 Å². The van der Waals surface area contributed by atoms with Crippen molar-refractivity contribution in [3.05, 3.63) is 59.7 Å². The molecule has 3 heterocycles. The second kappa shape index (κ2) is 8.89. The molecule has 0 N–H and O–H groups in total. The van der Waals surface area contributed by atoms with Crippen LogP contribution in [0.3, 0.4) is 0 Å². The Hall–Kier alpha value is -3.20. The van der Waals surface area contributed by atoms with E-state index in [1.807, 2.05) is 6.92 Å². The van der Waals surface area contributed by atoms with Gasteiger partial charge in [-0.05, 0) is 50.5 Å². The number of rotatable bonds is 6. The molecule has 31 heavy (non-hydrogen) atoms. The van der Waals surface area contributed by atoms with Gasteiger partial charge in [-0.15, -0.1) is 0 Å². The minimum atomic E-state index is -0.510. The van der Waals surface area contributed by atoms with E-state index in [1.165, 1.54) is 18.3 Å². The van der Waals surface area contributed by atoms with Crippen molar-refractivity contribution in [3.8, 4) is 11.5 Å². The molecule has 3 aromatic rings. The highest BCUT2D eigenvalue weighted by atomic mass is 19.1. The molecule has 4 rings (SSSR count). The Balaban J connectivity index is 1.62. The molecule has 1 unspecified atom stereocenters. The Morgan fingerprint density at radius 2 is 2.06 bits per heavy atom. The normalized spacial score (nSPS) is 18.9. The third-order valence-electron chi connectivity index (χ3n) is 5.64. The minimum absolute atomic E-state index is 0.170. The van der Waals surface area contributed by atoms with Gasteiger partial charge in [0.05, 0.1) is 17.3 Å². The average Bonchev–Trinajstić information content (AvgIpc) is 3.29. The van der Waals surface area contributed by atoms with Crippen molar-refractivity contribution in [2.45, 2.75) is 31.6 Å². The summed E-state index contributed by atoms with van der Waals surface area (Å²) in [6, 6.07) is 5.90. The van der Waals surface area contributed by atoms with Gasteiger partial charge in [-0.1, -0.05) is 5.16 Å². The third-order valence-corrected chi connectivity index (χ3v) is 5.64. The number of benzene rings is 1. The summed E-state index contributed by atoms with van der Waals surface area (Å²) in [5, 5.41) is 4.24. The maximum Gasteiger partial charge on any atom is 0.274 e. The fraction of sp³-hybridized carbons (Fsp3) is 0.409. The Bertz CT molecular complexity index is 1040. The number of hydrogen-bond acceptors (Lipinski definition) is 7. The van der Waals surface area contributed by atoms with Crippen LogP contribution in [-0.2, 0) is 10.2 Å². The van der Waals surface area contributed by atoms with Crippen LogP contribution in [0.25, 0.3) is 11.5 Å². The summed E-state index contributed by atoms with van der Waals surface area (Å²) >= 11 is 0. The van der Waals surface area contributed by atoms with Crippen molar-refractivity contribution in [2.24, 2.45) is 0 Å². The van der Waals surface area contributed by atoms with Crippen molar-refractivity contribution in [1.29, 1.82) is 0 Å². The topological polar surface area (TPSA) is 94.2 Å². The number of aryl methyl sites for hydroxylation is 1. The fourth-order valence-corrected chi connectivity index (χ4v) is 3.91. The highest BCUT2D eigenvalue weighted by molar-refractivity contribution is 5.92. The van der Waals surface area contributed by atoms with Gasteiger partial charge >= 0.3 is 0 Å². The second-order valence-electron chi connectivity index (χ2n) is 7.83. The molecule has 1 aromatic carbocycles. The van der Waals surface area contributed by atoms with E-state index in [1.54, 1.807) is 30.3 Å². The average molecular weight is 425 g/mol. The van der Waals surface area contributed by atoms with Crippen molar-refractivity contribution >= 4 is 5.91 Å². The van der Waals surface area contributed by atoms with Crippen molar-refractivity contribution in [2.75, 3.05) is 26.8 Å². The summed E-state index contributed by atoms with van der Waals surface area (Å²) < 4.78 is 24.1. The maximum atomic E-state index is 13.3. The number of halogens is 1. The van der Waals surface area contributed by atoms with Gasteiger partial charge in [0.1, 0.15) is 11.5 Å². The zero-order valence-corrected chi connectivity index (χ0v) is 17.5. The van der Waals surface area contributed by atoms with Gasteiger partial charge in [-0.3, -0.25) is 9.78 Å².